The van der Waals surface area contributed by atoms with E-state index in [2.05, 4.69) is 17.2 Å². The monoisotopic (exact) mass is 341 g/mol. The molecule has 0 saturated heterocycles. The van der Waals surface area contributed by atoms with Crippen LogP contribution in [-0.2, 0) is 15.6 Å². The maximum atomic E-state index is 12.6. The van der Waals surface area contributed by atoms with Crippen molar-refractivity contribution in [1.82, 2.24) is 0 Å². The van der Waals surface area contributed by atoms with Gasteiger partial charge in [-0.1, -0.05) is 47.9 Å². The summed E-state index contributed by atoms with van der Waals surface area (Å²) < 4.78 is 27.7. The number of para-hydroxylation sites is 1. The van der Waals surface area contributed by atoms with Crippen LogP contribution >= 0.6 is 0 Å². The maximum Gasteiger partial charge on any atom is 0.261 e. The largest absolute Gasteiger partial charge is 0.373 e. The summed E-state index contributed by atoms with van der Waals surface area (Å²) in [4.78, 5) is 0.135. The number of terminal acetylenes is 1. The first kappa shape index (κ1) is 17.8. The molecule has 0 aliphatic heterocycles. The third-order valence-corrected chi connectivity index (χ3v) is 5.01. The van der Waals surface area contributed by atoms with E-state index in [-0.39, 0.29) is 17.0 Å². The summed E-state index contributed by atoms with van der Waals surface area (Å²) in [5.74, 6) is 2.32. The van der Waals surface area contributed by atoms with Crippen molar-refractivity contribution < 1.29 is 13.5 Å². The van der Waals surface area contributed by atoms with E-state index in [9.17, 15) is 13.5 Å². The van der Waals surface area contributed by atoms with Gasteiger partial charge in [-0.25, -0.2) is 8.42 Å². The minimum Gasteiger partial charge on any atom is -0.373 e. The number of benzene rings is 2. The predicted molar refractivity (Wildman–Crippen MR) is 96.0 cm³/mol. The second-order valence-corrected chi connectivity index (χ2v) is 7.14. The molecule has 2 aromatic carbocycles. The van der Waals surface area contributed by atoms with Crippen LogP contribution in [0.2, 0.25) is 0 Å². The lowest BCUT2D eigenvalue weighted by molar-refractivity contribution is 0.105. The Labute approximate surface area is 142 Å². The average molecular weight is 341 g/mol. The van der Waals surface area contributed by atoms with Gasteiger partial charge in [0.1, 0.15) is 0 Å². The summed E-state index contributed by atoms with van der Waals surface area (Å²) >= 11 is 0. The number of hydrogen-bond acceptors (Lipinski definition) is 3. The van der Waals surface area contributed by atoms with Crippen molar-refractivity contribution in [2.75, 3.05) is 4.72 Å². The highest BCUT2D eigenvalue weighted by atomic mass is 32.2. The highest BCUT2D eigenvalue weighted by Gasteiger charge is 2.29. The number of sulfonamides is 1. The number of nitrogens with one attached hydrogen (secondary N) is 1. The van der Waals surface area contributed by atoms with Crippen molar-refractivity contribution >= 4 is 15.7 Å². The Morgan fingerprint density at radius 3 is 2.46 bits per heavy atom. The molecule has 0 saturated carbocycles. The normalized spacial score (nSPS) is 13.5. The molecule has 0 radical (unpaired) electrons. The van der Waals surface area contributed by atoms with Gasteiger partial charge in [0, 0.05) is 12.0 Å². The molecule has 0 bridgehead atoms. The van der Waals surface area contributed by atoms with Gasteiger partial charge >= 0.3 is 0 Å². The summed E-state index contributed by atoms with van der Waals surface area (Å²) in [6, 6.07) is 13.0. The average Bonchev–Trinajstić information content (AvgIpc) is 2.55. The van der Waals surface area contributed by atoms with Crippen molar-refractivity contribution in [2.45, 2.75) is 23.8 Å². The van der Waals surface area contributed by atoms with E-state index < -0.39 is 15.6 Å². The molecular formula is C19H19NO3S. The second kappa shape index (κ2) is 6.91. The summed E-state index contributed by atoms with van der Waals surface area (Å²) in [5, 5.41) is 10.6. The molecule has 2 aromatic rings. The molecule has 2 rings (SSSR count). The molecule has 0 spiro atoms. The molecule has 1 unspecified atom stereocenters. The first-order chi connectivity index (χ1) is 11.3. The van der Waals surface area contributed by atoms with Crippen molar-refractivity contribution in [1.29, 1.82) is 0 Å². The van der Waals surface area contributed by atoms with Crippen LogP contribution < -0.4 is 4.72 Å². The van der Waals surface area contributed by atoms with Crippen molar-refractivity contribution in [3.63, 3.8) is 0 Å². The Kier molecular flexibility index (Phi) is 5.13. The lowest BCUT2D eigenvalue weighted by Gasteiger charge is -2.24. The second-order valence-electron chi connectivity index (χ2n) is 5.46. The first-order valence-electron chi connectivity index (χ1n) is 7.32. The maximum absolute atomic E-state index is 12.6. The SMILES string of the molecule is C#CC(O)(CC=C)c1ccccc1NS(=O)(=O)c1ccc(C)cc1. The predicted octanol–water partition coefficient (Wildman–Crippen LogP) is 3.19. The zero-order valence-corrected chi connectivity index (χ0v) is 14.2. The third kappa shape index (κ3) is 3.67. The Morgan fingerprint density at radius 1 is 1.25 bits per heavy atom. The Balaban J connectivity index is 2.46. The third-order valence-electron chi connectivity index (χ3n) is 3.63. The van der Waals surface area contributed by atoms with Crippen LogP contribution in [0.1, 0.15) is 17.5 Å². The fraction of sp³-hybridized carbons (Fsp3) is 0.158. The van der Waals surface area contributed by atoms with Gasteiger partial charge in [-0.2, -0.15) is 0 Å². The van der Waals surface area contributed by atoms with E-state index in [1.54, 1.807) is 36.4 Å². The molecule has 0 amide bonds. The van der Waals surface area contributed by atoms with Crippen LogP contribution in [0.4, 0.5) is 5.69 Å². The summed E-state index contributed by atoms with van der Waals surface area (Å²) in [7, 11) is -3.79. The van der Waals surface area contributed by atoms with Crippen molar-refractivity contribution in [2.24, 2.45) is 0 Å². The lowest BCUT2D eigenvalue weighted by atomic mass is 9.90. The molecular weight excluding hydrogens is 322 g/mol. The van der Waals surface area contributed by atoms with Gasteiger partial charge in [-0.3, -0.25) is 4.72 Å². The topological polar surface area (TPSA) is 66.4 Å². The molecule has 24 heavy (non-hydrogen) atoms. The standard InChI is InChI=1S/C19H19NO3S/c1-4-14-19(21,5-2)17-8-6-7-9-18(17)20-24(22,23)16-12-10-15(3)11-13-16/h2,4,6-13,20-21H,1,14H2,3H3. The number of aliphatic hydroxyl groups is 1. The Morgan fingerprint density at radius 2 is 1.88 bits per heavy atom. The Hall–Kier alpha value is -2.55. The van der Waals surface area contributed by atoms with Crippen LogP contribution in [0.3, 0.4) is 0 Å². The lowest BCUT2D eigenvalue weighted by Crippen LogP contribution is -2.25. The highest BCUT2D eigenvalue weighted by molar-refractivity contribution is 7.92. The van der Waals surface area contributed by atoms with E-state index in [4.69, 9.17) is 6.42 Å². The number of rotatable bonds is 6. The van der Waals surface area contributed by atoms with Gasteiger partial charge in [-0.05, 0) is 25.1 Å². The zero-order chi connectivity index (χ0) is 17.8. The molecule has 0 heterocycles. The van der Waals surface area contributed by atoms with Gasteiger partial charge < -0.3 is 5.11 Å². The van der Waals surface area contributed by atoms with Gasteiger partial charge in [0.15, 0.2) is 5.60 Å². The fourth-order valence-corrected chi connectivity index (χ4v) is 3.39. The zero-order valence-electron chi connectivity index (χ0n) is 13.4. The quantitative estimate of drug-likeness (QED) is 0.626. The molecule has 124 valence electrons. The van der Waals surface area contributed by atoms with Crippen LogP contribution in [-0.4, -0.2) is 13.5 Å². The van der Waals surface area contributed by atoms with Crippen molar-refractivity contribution in [3.8, 4) is 12.3 Å². The van der Waals surface area contributed by atoms with Gasteiger partial charge in [0.25, 0.3) is 10.0 Å². The summed E-state index contributed by atoms with van der Waals surface area (Å²) in [6.45, 7) is 5.46. The number of aryl methyl sites for hydroxylation is 1. The van der Waals surface area contributed by atoms with E-state index in [1.165, 1.54) is 18.2 Å². The van der Waals surface area contributed by atoms with E-state index >= 15 is 0 Å². The number of anilines is 1. The minimum atomic E-state index is -3.79. The minimum absolute atomic E-state index is 0.104. The molecule has 1 atom stereocenters. The van der Waals surface area contributed by atoms with Crippen molar-refractivity contribution in [3.05, 3.63) is 72.3 Å². The molecule has 0 aromatic heterocycles. The first-order valence-corrected chi connectivity index (χ1v) is 8.81. The molecule has 0 aliphatic carbocycles. The summed E-state index contributed by atoms with van der Waals surface area (Å²) in [5.41, 5.74) is -0.126. The highest BCUT2D eigenvalue weighted by Crippen LogP contribution is 2.32. The molecule has 0 fully saturated rings. The fourth-order valence-electron chi connectivity index (χ4n) is 2.31. The molecule has 5 heteroatoms. The van der Waals surface area contributed by atoms with Crippen LogP contribution in [0.25, 0.3) is 0 Å². The summed E-state index contributed by atoms with van der Waals surface area (Å²) in [6.07, 6.45) is 7.06. The Bertz CT molecular complexity index is 880. The number of hydrogen-bond donors (Lipinski definition) is 2. The van der Waals surface area contributed by atoms with Gasteiger partial charge in [0.05, 0.1) is 10.6 Å². The molecule has 2 N–H and O–H groups in total. The van der Waals surface area contributed by atoms with E-state index in [1.807, 2.05) is 6.92 Å². The van der Waals surface area contributed by atoms with Crippen LogP contribution in [0, 0.1) is 19.3 Å². The van der Waals surface area contributed by atoms with Gasteiger partial charge in [-0.15, -0.1) is 13.0 Å². The van der Waals surface area contributed by atoms with Crippen LogP contribution in [0.15, 0.2) is 66.1 Å². The van der Waals surface area contributed by atoms with Gasteiger partial charge in [0.2, 0.25) is 0 Å². The molecule has 4 nitrogen and oxygen atoms in total. The van der Waals surface area contributed by atoms with E-state index in [0.717, 1.165) is 5.56 Å². The smallest absolute Gasteiger partial charge is 0.261 e. The van der Waals surface area contributed by atoms with E-state index in [0.29, 0.717) is 5.56 Å². The van der Waals surface area contributed by atoms with Crippen LogP contribution in [0.5, 0.6) is 0 Å². The molecule has 0 aliphatic rings.